The normalized spacial score (nSPS) is 23.9. The van der Waals surface area contributed by atoms with Crippen LogP contribution >= 0.6 is 0 Å². The van der Waals surface area contributed by atoms with Gasteiger partial charge >= 0.3 is 12.1 Å². The fourth-order valence-electron chi connectivity index (χ4n) is 2.02. The average Bonchev–Trinajstić information content (AvgIpc) is 2.58. The molecule has 0 aromatic rings. The van der Waals surface area contributed by atoms with Crippen LogP contribution < -0.4 is 5.32 Å². The molecule has 6 nitrogen and oxygen atoms in total. The lowest BCUT2D eigenvalue weighted by Crippen LogP contribution is -2.41. The maximum atomic E-state index is 11.8. The number of hydrogen-bond donors (Lipinski definition) is 1. The van der Waals surface area contributed by atoms with Crippen LogP contribution in [-0.2, 0) is 19.1 Å². The maximum absolute atomic E-state index is 11.8. The Morgan fingerprint density at radius 3 is 2.50 bits per heavy atom. The predicted octanol–water partition coefficient (Wildman–Crippen LogP) is 1.26. The molecule has 2 aliphatic rings. The van der Waals surface area contributed by atoms with Crippen LogP contribution in [0.4, 0.5) is 4.79 Å². The fourth-order valence-corrected chi connectivity index (χ4v) is 2.02. The fraction of sp³-hybridized carbons (Fsp3) is 0.500. The van der Waals surface area contributed by atoms with Crippen molar-refractivity contribution in [1.29, 1.82) is 0 Å². The molecular weight excluding hydrogens is 262 g/mol. The second-order valence-corrected chi connectivity index (χ2v) is 5.85. The minimum absolute atomic E-state index is 0.157. The first kappa shape index (κ1) is 14.3. The lowest BCUT2D eigenvalue weighted by molar-refractivity contribution is -0.144. The van der Waals surface area contributed by atoms with Crippen molar-refractivity contribution >= 4 is 17.8 Å². The SMILES string of the molecule is CC(C)(C)OC(=O)N[C@H]1CC2(C=CC(=O)C=C2)OC1=O. The number of ketones is 1. The van der Waals surface area contributed by atoms with Gasteiger partial charge in [-0.05, 0) is 45.1 Å². The summed E-state index contributed by atoms with van der Waals surface area (Å²) in [5.41, 5.74) is -1.58. The molecule has 0 unspecified atom stereocenters. The third-order valence-electron chi connectivity index (χ3n) is 2.85. The summed E-state index contributed by atoms with van der Waals surface area (Å²) in [6.45, 7) is 5.21. The zero-order chi connectivity index (χ0) is 15.0. The summed E-state index contributed by atoms with van der Waals surface area (Å²) in [4.78, 5) is 34.5. The van der Waals surface area contributed by atoms with Gasteiger partial charge in [-0.1, -0.05) is 0 Å². The summed E-state index contributed by atoms with van der Waals surface area (Å²) >= 11 is 0. The summed E-state index contributed by atoms with van der Waals surface area (Å²) in [6, 6.07) is -0.785. The first-order valence-corrected chi connectivity index (χ1v) is 6.34. The molecule has 0 saturated carbocycles. The van der Waals surface area contributed by atoms with E-state index in [1.54, 1.807) is 20.8 Å². The van der Waals surface area contributed by atoms with E-state index in [0.29, 0.717) is 0 Å². The molecule has 2 rings (SSSR count). The second kappa shape index (κ2) is 4.77. The van der Waals surface area contributed by atoms with Crippen LogP contribution in [0.25, 0.3) is 0 Å². The molecule has 1 heterocycles. The highest BCUT2D eigenvalue weighted by molar-refractivity contribution is 6.01. The molecule has 0 aromatic carbocycles. The standard InChI is InChI=1S/C14H17NO5/c1-13(2,3)20-12(18)15-10-8-14(19-11(10)17)6-4-9(16)5-7-14/h4-7,10H,8H2,1-3H3,(H,15,18)/t10-/m0/s1. The van der Waals surface area contributed by atoms with Gasteiger partial charge in [0.25, 0.3) is 0 Å². The van der Waals surface area contributed by atoms with Gasteiger partial charge in [0.05, 0.1) is 0 Å². The van der Waals surface area contributed by atoms with Crippen LogP contribution in [0.1, 0.15) is 27.2 Å². The highest BCUT2D eigenvalue weighted by atomic mass is 16.6. The molecule has 20 heavy (non-hydrogen) atoms. The molecule has 1 atom stereocenters. The van der Waals surface area contributed by atoms with E-state index in [-0.39, 0.29) is 12.2 Å². The van der Waals surface area contributed by atoms with Crippen molar-refractivity contribution in [2.24, 2.45) is 0 Å². The van der Waals surface area contributed by atoms with E-state index in [0.717, 1.165) is 0 Å². The van der Waals surface area contributed by atoms with E-state index >= 15 is 0 Å². The highest BCUT2D eigenvalue weighted by Gasteiger charge is 2.45. The van der Waals surface area contributed by atoms with Crippen molar-refractivity contribution < 1.29 is 23.9 Å². The third-order valence-corrected chi connectivity index (χ3v) is 2.85. The molecule has 0 bridgehead atoms. The number of rotatable bonds is 1. The van der Waals surface area contributed by atoms with E-state index in [2.05, 4.69) is 5.32 Å². The minimum atomic E-state index is -0.940. The average molecular weight is 279 g/mol. The summed E-state index contributed by atoms with van der Waals surface area (Å²) in [6.07, 6.45) is 5.34. The zero-order valence-corrected chi connectivity index (χ0v) is 11.6. The Morgan fingerprint density at radius 2 is 1.95 bits per heavy atom. The summed E-state index contributed by atoms with van der Waals surface area (Å²) < 4.78 is 10.3. The number of esters is 1. The number of ether oxygens (including phenoxy) is 2. The van der Waals surface area contributed by atoms with Gasteiger partial charge in [0.2, 0.25) is 0 Å². The van der Waals surface area contributed by atoms with Crippen molar-refractivity contribution in [3.63, 3.8) is 0 Å². The van der Waals surface area contributed by atoms with Gasteiger partial charge in [-0.15, -0.1) is 0 Å². The topological polar surface area (TPSA) is 81.7 Å². The van der Waals surface area contributed by atoms with E-state index in [1.807, 2.05) is 0 Å². The summed E-state index contributed by atoms with van der Waals surface area (Å²) in [5.74, 6) is -0.699. The van der Waals surface area contributed by atoms with Crippen LogP contribution in [0.5, 0.6) is 0 Å². The van der Waals surface area contributed by atoms with E-state index in [4.69, 9.17) is 9.47 Å². The van der Waals surface area contributed by atoms with E-state index < -0.39 is 29.3 Å². The van der Waals surface area contributed by atoms with Gasteiger partial charge in [-0.3, -0.25) is 4.79 Å². The van der Waals surface area contributed by atoms with Gasteiger partial charge in [0.1, 0.15) is 11.6 Å². The predicted molar refractivity (Wildman–Crippen MR) is 69.9 cm³/mol. The number of alkyl carbamates (subject to hydrolysis) is 1. The maximum Gasteiger partial charge on any atom is 0.408 e. The Kier molecular flexibility index (Phi) is 3.41. The molecule has 1 spiro atoms. The number of carbonyl (C=O) groups excluding carboxylic acids is 3. The van der Waals surface area contributed by atoms with Crippen molar-refractivity contribution in [3.8, 4) is 0 Å². The molecular formula is C14H17NO5. The molecule has 0 radical (unpaired) electrons. The Labute approximate surface area is 116 Å². The number of amides is 1. The zero-order valence-electron chi connectivity index (χ0n) is 11.6. The summed E-state index contributed by atoms with van der Waals surface area (Å²) in [5, 5.41) is 2.48. The smallest absolute Gasteiger partial charge is 0.408 e. The Morgan fingerprint density at radius 1 is 1.35 bits per heavy atom. The third kappa shape index (κ3) is 3.26. The molecule has 1 fully saturated rings. The first-order valence-electron chi connectivity index (χ1n) is 6.34. The minimum Gasteiger partial charge on any atom is -0.449 e. The molecule has 108 valence electrons. The van der Waals surface area contributed by atoms with Crippen LogP contribution in [-0.4, -0.2) is 35.1 Å². The lowest BCUT2D eigenvalue weighted by Gasteiger charge is -2.22. The molecule has 1 aliphatic carbocycles. The van der Waals surface area contributed by atoms with E-state index in [9.17, 15) is 14.4 Å². The number of allylic oxidation sites excluding steroid dienone is 2. The largest absolute Gasteiger partial charge is 0.449 e. The molecule has 1 aliphatic heterocycles. The van der Waals surface area contributed by atoms with E-state index in [1.165, 1.54) is 24.3 Å². The first-order chi connectivity index (χ1) is 9.19. The Hall–Kier alpha value is -2.11. The Bertz CT molecular complexity index is 496. The molecule has 1 N–H and O–H groups in total. The van der Waals surface area contributed by atoms with Crippen LogP contribution in [0.15, 0.2) is 24.3 Å². The van der Waals surface area contributed by atoms with Gasteiger partial charge < -0.3 is 14.8 Å². The van der Waals surface area contributed by atoms with Gasteiger partial charge in [0.15, 0.2) is 11.4 Å². The van der Waals surface area contributed by atoms with Crippen molar-refractivity contribution in [1.82, 2.24) is 5.32 Å². The highest BCUT2D eigenvalue weighted by Crippen LogP contribution is 2.32. The molecule has 0 aromatic heterocycles. The molecule has 6 heteroatoms. The summed E-state index contributed by atoms with van der Waals surface area (Å²) in [7, 11) is 0. The molecule has 1 amide bonds. The Balaban J connectivity index is 2.00. The van der Waals surface area contributed by atoms with Gasteiger partial charge in [-0.25, -0.2) is 9.59 Å². The second-order valence-electron chi connectivity index (χ2n) is 5.85. The van der Waals surface area contributed by atoms with Gasteiger partial charge in [0, 0.05) is 6.42 Å². The molecule has 1 saturated heterocycles. The number of nitrogens with one attached hydrogen (secondary N) is 1. The lowest BCUT2D eigenvalue weighted by atomic mass is 9.93. The van der Waals surface area contributed by atoms with Crippen molar-refractivity contribution in [2.75, 3.05) is 0 Å². The van der Waals surface area contributed by atoms with Crippen molar-refractivity contribution in [3.05, 3.63) is 24.3 Å². The van der Waals surface area contributed by atoms with Crippen LogP contribution in [0, 0.1) is 0 Å². The van der Waals surface area contributed by atoms with Crippen LogP contribution in [0.2, 0.25) is 0 Å². The van der Waals surface area contributed by atoms with Crippen molar-refractivity contribution in [2.45, 2.75) is 44.4 Å². The van der Waals surface area contributed by atoms with Crippen LogP contribution in [0.3, 0.4) is 0 Å². The van der Waals surface area contributed by atoms with Gasteiger partial charge in [-0.2, -0.15) is 0 Å². The monoisotopic (exact) mass is 279 g/mol. The number of carbonyl (C=O) groups is 3. The number of hydrogen-bond acceptors (Lipinski definition) is 5. The quantitative estimate of drug-likeness (QED) is 0.731.